The molecule has 2 N–H and O–H groups in total. The molecule has 7 heteroatoms. The van der Waals surface area contributed by atoms with Crippen molar-refractivity contribution >= 4 is 40.3 Å². The number of benzene rings is 2. The Morgan fingerprint density at radius 1 is 1.32 bits per heavy atom. The van der Waals surface area contributed by atoms with Crippen LogP contribution in [0.1, 0.15) is 15.9 Å². The van der Waals surface area contributed by atoms with Crippen LogP contribution in [-0.2, 0) is 17.0 Å². The Labute approximate surface area is 155 Å². The number of thioether (sulfide) groups is 1. The molecular weight excluding hydrogens is 358 g/mol. The van der Waals surface area contributed by atoms with E-state index in [-0.39, 0.29) is 0 Å². The fourth-order valence-electron chi connectivity index (χ4n) is 2.55. The molecular formula is C18H18ClN3O2S. The van der Waals surface area contributed by atoms with Crippen molar-refractivity contribution in [2.45, 2.75) is 17.5 Å². The van der Waals surface area contributed by atoms with Gasteiger partial charge in [0, 0.05) is 30.0 Å². The van der Waals surface area contributed by atoms with Crippen LogP contribution in [0.2, 0.25) is 5.02 Å². The summed E-state index contributed by atoms with van der Waals surface area (Å²) in [5.74, 6) is 0.263. The van der Waals surface area contributed by atoms with E-state index in [1.54, 1.807) is 24.9 Å². The zero-order chi connectivity index (χ0) is 17.8. The summed E-state index contributed by atoms with van der Waals surface area (Å²) in [7, 11) is 1.68. The monoisotopic (exact) mass is 375 g/mol. The number of hydrogen-bond donors (Lipinski definition) is 1. The summed E-state index contributed by atoms with van der Waals surface area (Å²) in [5, 5.41) is 1.55. The minimum atomic E-state index is -0.422. The predicted molar refractivity (Wildman–Crippen MR) is 101 cm³/mol. The third-order valence-electron chi connectivity index (χ3n) is 3.77. The van der Waals surface area contributed by atoms with Crippen molar-refractivity contribution in [3.05, 3.63) is 58.6 Å². The molecule has 0 unspecified atom stereocenters. The van der Waals surface area contributed by atoms with E-state index in [1.807, 2.05) is 36.4 Å². The predicted octanol–water partition coefficient (Wildman–Crippen LogP) is 3.73. The number of carbonyl (C=O) groups is 1. The molecule has 3 rings (SSSR count). The van der Waals surface area contributed by atoms with Gasteiger partial charge >= 0.3 is 0 Å². The molecule has 0 saturated carbocycles. The molecule has 0 aliphatic rings. The Bertz CT molecular complexity index is 910. The van der Waals surface area contributed by atoms with Gasteiger partial charge in [0.1, 0.15) is 0 Å². The lowest BCUT2D eigenvalue weighted by Gasteiger charge is -2.08. The molecule has 2 aromatic carbocycles. The van der Waals surface area contributed by atoms with E-state index in [9.17, 15) is 4.79 Å². The Morgan fingerprint density at radius 2 is 2.16 bits per heavy atom. The first-order chi connectivity index (χ1) is 12.1. The van der Waals surface area contributed by atoms with Gasteiger partial charge in [-0.05, 0) is 35.9 Å². The van der Waals surface area contributed by atoms with E-state index in [2.05, 4.69) is 4.57 Å². The molecule has 1 amide bonds. The maximum Gasteiger partial charge on any atom is 0.248 e. The SMILES string of the molecule is COCCn1c(SCc2cccc(C(N)=O)c2)nc2cc(Cl)ccc21. The molecule has 0 atom stereocenters. The largest absolute Gasteiger partial charge is 0.383 e. The molecule has 0 radical (unpaired) electrons. The van der Waals surface area contributed by atoms with Crippen molar-refractivity contribution in [1.29, 1.82) is 0 Å². The highest BCUT2D eigenvalue weighted by Crippen LogP contribution is 2.28. The molecule has 0 fully saturated rings. The van der Waals surface area contributed by atoms with Crippen LogP contribution >= 0.6 is 23.4 Å². The average Bonchev–Trinajstić information content (AvgIpc) is 2.94. The number of halogens is 1. The number of nitrogens with two attached hydrogens (primary N) is 1. The minimum Gasteiger partial charge on any atom is -0.383 e. The van der Waals surface area contributed by atoms with Crippen LogP contribution < -0.4 is 5.73 Å². The minimum absolute atomic E-state index is 0.422. The number of methoxy groups -OCH3 is 1. The van der Waals surface area contributed by atoms with E-state index >= 15 is 0 Å². The molecule has 25 heavy (non-hydrogen) atoms. The fraction of sp³-hybridized carbons (Fsp3) is 0.222. The Balaban J connectivity index is 1.87. The van der Waals surface area contributed by atoms with Crippen LogP contribution in [0.4, 0.5) is 0 Å². The Hall–Kier alpha value is -2.02. The molecule has 0 spiro atoms. The lowest BCUT2D eigenvalue weighted by atomic mass is 10.1. The summed E-state index contributed by atoms with van der Waals surface area (Å²) >= 11 is 7.68. The molecule has 0 bridgehead atoms. The van der Waals surface area contributed by atoms with Crippen LogP contribution in [0.15, 0.2) is 47.6 Å². The van der Waals surface area contributed by atoms with E-state index in [1.165, 1.54) is 0 Å². The summed E-state index contributed by atoms with van der Waals surface area (Å²) in [6, 6.07) is 13.0. The van der Waals surface area contributed by atoms with Crippen molar-refractivity contribution in [3.63, 3.8) is 0 Å². The lowest BCUT2D eigenvalue weighted by molar-refractivity contribution is 0.1000. The van der Waals surface area contributed by atoms with Gasteiger partial charge < -0.3 is 15.0 Å². The number of carbonyl (C=O) groups excluding carboxylic acids is 1. The number of rotatable bonds is 7. The van der Waals surface area contributed by atoms with Crippen LogP contribution in [0.5, 0.6) is 0 Å². The molecule has 1 heterocycles. The zero-order valence-electron chi connectivity index (χ0n) is 13.7. The van der Waals surface area contributed by atoms with Crippen molar-refractivity contribution in [2.75, 3.05) is 13.7 Å². The molecule has 0 aliphatic heterocycles. The summed E-state index contributed by atoms with van der Waals surface area (Å²) in [5.41, 5.74) is 8.76. The molecule has 0 saturated heterocycles. The summed E-state index contributed by atoms with van der Waals surface area (Å²) in [6.45, 7) is 1.30. The first kappa shape index (κ1) is 17.8. The van der Waals surface area contributed by atoms with Crippen molar-refractivity contribution in [1.82, 2.24) is 9.55 Å². The lowest BCUT2D eigenvalue weighted by Crippen LogP contribution is -2.10. The van der Waals surface area contributed by atoms with Crippen LogP contribution in [0.3, 0.4) is 0 Å². The molecule has 5 nitrogen and oxygen atoms in total. The maximum atomic E-state index is 11.3. The van der Waals surface area contributed by atoms with Gasteiger partial charge in [-0.15, -0.1) is 0 Å². The second-order valence-electron chi connectivity index (χ2n) is 5.53. The number of ether oxygens (including phenoxy) is 1. The Morgan fingerprint density at radius 3 is 2.92 bits per heavy atom. The number of primary amides is 1. The van der Waals surface area contributed by atoms with Crippen molar-refractivity contribution < 1.29 is 9.53 Å². The van der Waals surface area contributed by atoms with Gasteiger partial charge in [0.05, 0.1) is 17.6 Å². The van der Waals surface area contributed by atoms with Crippen molar-refractivity contribution in [2.24, 2.45) is 5.73 Å². The second kappa shape index (κ2) is 7.91. The van der Waals surface area contributed by atoms with Gasteiger partial charge in [0.2, 0.25) is 5.91 Å². The van der Waals surface area contributed by atoms with Gasteiger partial charge in [-0.3, -0.25) is 4.79 Å². The number of amides is 1. The third kappa shape index (κ3) is 4.15. The zero-order valence-corrected chi connectivity index (χ0v) is 15.3. The van der Waals surface area contributed by atoms with E-state index in [0.717, 1.165) is 21.8 Å². The van der Waals surface area contributed by atoms with E-state index < -0.39 is 5.91 Å². The number of hydrogen-bond acceptors (Lipinski definition) is 4. The Kier molecular flexibility index (Phi) is 5.63. The van der Waals surface area contributed by atoms with Gasteiger partial charge in [-0.1, -0.05) is 35.5 Å². The second-order valence-corrected chi connectivity index (χ2v) is 6.90. The average molecular weight is 376 g/mol. The number of nitrogens with zero attached hydrogens (tertiary/aromatic N) is 2. The first-order valence-corrected chi connectivity index (χ1v) is 9.11. The standard InChI is InChI=1S/C18H18ClN3O2S/c1-24-8-7-22-16-6-5-14(19)10-15(16)21-18(22)25-11-12-3-2-4-13(9-12)17(20)23/h2-6,9-10H,7-8,11H2,1H3,(H2,20,23). The summed E-state index contributed by atoms with van der Waals surface area (Å²) in [4.78, 5) is 16.0. The fourth-order valence-corrected chi connectivity index (χ4v) is 3.70. The summed E-state index contributed by atoms with van der Waals surface area (Å²) < 4.78 is 7.34. The maximum absolute atomic E-state index is 11.3. The topological polar surface area (TPSA) is 70.1 Å². The highest BCUT2D eigenvalue weighted by Gasteiger charge is 2.12. The van der Waals surface area contributed by atoms with E-state index in [0.29, 0.717) is 29.5 Å². The molecule has 130 valence electrons. The van der Waals surface area contributed by atoms with Crippen LogP contribution in [0, 0.1) is 0 Å². The third-order valence-corrected chi connectivity index (χ3v) is 5.06. The van der Waals surface area contributed by atoms with E-state index in [4.69, 9.17) is 27.1 Å². The van der Waals surface area contributed by atoms with Gasteiger partial charge in [-0.2, -0.15) is 0 Å². The number of imidazole rings is 1. The smallest absolute Gasteiger partial charge is 0.248 e. The van der Waals surface area contributed by atoms with Crippen LogP contribution in [0.25, 0.3) is 11.0 Å². The van der Waals surface area contributed by atoms with Crippen molar-refractivity contribution in [3.8, 4) is 0 Å². The highest BCUT2D eigenvalue weighted by molar-refractivity contribution is 7.98. The number of fused-ring (bicyclic) bond motifs is 1. The van der Waals surface area contributed by atoms with Gasteiger partial charge in [-0.25, -0.2) is 4.98 Å². The number of aromatic nitrogens is 2. The first-order valence-electron chi connectivity index (χ1n) is 7.75. The quantitative estimate of drug-likeness (QED) is 0.639. The van der Waals surface area contributed by atoms with Gasteiger partial charge in [0.15, 0.2) is 5.16 Å². The normalized spacial score (nSPS) is 11.1. The van der Waals surface area contributed by atoms with Crippen LogP contribution in [-0.4, -0.2) is 29.2 Å². The van der Waals surface area contributed by atoms with Gasteiger partial charge in [0.25, 0.3) is 0 Å². The molecule has 3 aromatic rings. The highest BCUT2D eigenvalue weighted by atomic mass is 35.5. The molecule has 1 aromatic heterocycles. The molecule has 0 aliphatic carbocycles. The summed E-state index contributed by atoms with van der Waals surface area (Å²) in [6.07, 6.45) is 0.